The first kappa shape index (κ1) is 22.7. The highest BCUT2D eigenvalue weighted by atomic mass is 32.2. The monoisotopic (exact) mass is 478 g/mol. The molecule has 0 amide bonds. The summed E-state index contributed by atoms with van der Waals surface area (Å²) in [5.41, 5.74) is -0.00520. The van der Waals surface area contributed by atoms with E-state index in [2.05, 4.69) is 0 Å². The summed E-state index contributed by atoms with van der Waals surface area (Å²) >= 11 is 0. The maximum atomic E-state index is 15.5. The number of rotatable bonds is 2. The summed E-state index contributed by atoms with van der Waals surface area (Å²) in [6.45, 7) is 5.92. The third kappa shape index (κ3) is 3.25. The van der Waals surface area contributed by atoms with Crippen LogP contribution in [0.4, 0.5) is 8.78 Å². The first-order valence-corrected chi connectivity index (χ1v) is 12.7. The minimum absolute atomic E-state index is 0.0639. The van der Waals surface area contributed by atoms with Gasteiger partial charge in [-0.25, -0.2) is 17.2 Å². The van der Waals surface area contributed by atoms with Crippen LogP contribution in [0.2, 0.25) is 0 Å². The van der Waals surface area contributed by atoms with E-state index in [-0.39, 0.29) is 42.4 Å². The second kappa shape index (κ2) is 7.48. The lowest BCUT2D eigenvalue weighted by molar-refractivity contribution is -0.303. The second-order valence-corrected chi connectivity index (χ2v) is 12.2. The third-order valence-electron chi connectivity index (χ3n) is 7.63. The Hall–Kier alpha value is -2.03. The number of sulfone groups is 1. The summed E-state index contributed by atoms with van der Waals surface area (Å²) in [5, 5.41) is 0. The molecular weight excluding hydrogens is 450 g/mol. The Morgan fingerprint density at radius 3 is 2.24 bits per heavy atom. The van der Waals surface area contributed by atoms with Crippen LogP contribution in [0.25, 0.3) is 0 Å². The Morgan fingerprint density at radius 1 is 0.939 bits per heavy atom. The number of benzene rings is 2. The SMILES string of the molecule is Cc1ccc(S(=O)(=O)C23CCCC4(COC(C)(C)OC4)C2COc2c(F)ccc(F)c23)cc1. The van der Waals surface area contributed by atoms with Crippen LogP contribution in [-0.2, 0) is 24.1 Å². The first-order chi connectivity index (χ1) is 15.5. The van der Waals surface area contributed by atoms with Gasteiger partial charge in [0.15, 0.2) is 27.2 Å². The Labute approximate surface area is 193 Å². The van der Waals surface area contributed by atoms with E-state index in [4.69, 9.17) is 14.2 Å². The van der Waals surface area contributed by atoms with E-state index < -0.39 is 43.3 Å². The second-order valence-electron chi connectivity index (χ2n) is 10.00. The Kier molecular flexibility index (Phi) is 5.16. The Bertz CT molecular complexity index is 1180. The van der Waals surface area contributed by atoms with Crippen LogP contribution in [0.3, 0.4) is 0 Å². The molecule has 0 aromatic heterocycles. The summed E-state index contributed by atoms with van der Waals surface area (Å²) in [4.78, 5) is 0.0876. The minimum Gasteiger partial charge on any atom is -0.490 e. The minimum atomic E-state index is -4.16. The molecule has 2 atom stereocenters. The number of aryl methyl sites for hydroxylation is 1. The number of halogens is 2. The normalized spacial score (nSPS) is 28.0. The largest absolute Gasteiger partial charge is 0.490 e. The summed E-state index contributed by atoms with van der Waals surface area (Å²) < 4.78 is 75.2. The molecule has 2 fully saturated rings. The van der Waals surface area contributed by atoms with Crippen molar-refractivity contribution in [1.82, 2.24) is 0 Å². The summed E-state index contributed by atoms with van der Waals surface area (Å²) in [5.74, 6) is -3.32. The lowest BCUT2D eigenvalue weighted by Crippen LogP contribution is -2.63. The average molecular weight is 479 g/mol. The molecule has 1 saturated carbocycles. The van der Waals surface area contributed by atoms with Gasteiger partial charge in [0.05, 0.1) is 30.3 Å². The van der Waals surface area contributed by atoms with Gasteiger partial charge in [-0.15, -0.1) is 0 Å². The van der Waals surface area contributed by atoms with Crippen molar-refractivity contribution in [3.05, 3.63) is 59.2 Å². The fourth-order valence-electron chi connectivity index (χ4n) is 5.84. The molecule has 1 spiro atoms. The molecule has 1 aliphatic carbocycles. The van der Waals surface area contributed by atoms with Gasteiger partial charge in [-0.1, -0.05) is 24.1 Å². The molecule has 178 valence electrons. The number of hydrogen-bond acceptors (Lipinski definition) is 5. The molecule has 0 N–H and O–H groups in total. The number of ether oxygens (including phenoxy) is 3. The van der Waals surface area contributed by atoms with Crippen molar-refractivity contribution in [3.63, 3.8) is 0 Å². The van der Waals surface area contributed by atoms with E-state index in [0.29, 0.717) is 12.8 Å². The summed E-state index contributed by atoms with van der Waals surface area (Å²) in [7, 11) is -4.16. The Balaban J connectivity index is 1.77. The summed E-state index contributed by atoms with van der Waals surface area (Å²) in [6.07, 6.45) is 1.31. The van der Waals surface area contributed by atoms with Gasteiger partial charge < -0.3 is 14.2 Å². The summed E-state index contributed by atoms with van der Waals surface area (Å²) in [6, 6.07) is 8.49. The van der Waals surface area contributed by atoms with Crippen molar-refractivity contribution in [3.8, 4) is 5.75 Å². The van der Waals surface area contributed by atoms with Crippen LogP contribution in [0, 0.1) is 29.9 Å². The molecule has 5 nitrogen and oxygen atoms in total. The fraction of sp³-hybridized carbons (Fsp3) is 0.520. The molecule has 2 heterocycles. The van der Waals surface area contributed by atoms with Gasteiger partial charge >= 0.3 is 0 Å². The molecule has 2 aromatic rings. The van der Waals surface area contributed by atoms with Crippen molar-refractivity contribution < 1.29 is 31.4 Å². The van der Waals surface area contributed by atoms with Crippen molar-refractivity contribution in [2.75, 3.05) is 19.8 Å². The van der Waals surface area contributed by atoms with Crippen molar-refractivity contribution in [1.29, 1.82) is 0 Å². The van der Waals surface area contributed by atoms with Crippen LogP contribution in [0.5, 0.6) is 5.75 Å². The van der Waals surface area contributed by atoms with Crippen LogP contribution in [-0.4, -0.2) is 34.0 Å². The smallest absolute Gasteiger partial charge is 0.188 e. The van der Waals surface area contributed by atoms with Gasteiger partial charge in [0.25, 0.3) is 0 Å². The lowest BCUT2D eigenvalue weighted by atomic mass is 9.59. The lowest BCUT2D eigenvalue weighted by Gasteiger charge is -2.58. The first-order valence-electron chi connectivity index (χ1n) is 11.2. The molecule has 5 rings (SSSR count). The zero-order valence-electron chi connectivity index (χ0n) is 19.0. The van der Waals surface area contributed by atoms with Crippen LogP contribution < -0.4 is 4.74 Å². The van der Waals surface area contributed by atoms with E-state index >= 15 is 4.39 Å². The quantitative estimate of drug-likeness (QED) is 0.614. The van der Waals surface area contributed by atoms with Crippen LogP contribution in [0.1, 0.15) is 44.2 Å². The maximum absolute atomic E-state index is 15.5. The van der Waals surface area contributed by atoms with Gasteiger partial charge in [0.2, 0.25) is 0 Å². The highest BCUT2D eigenvalue weighted by Gasteiger charge is 2.66. The van der Waals surface area contributed by atoms with Gasteiger partial charge in [-0.3, -0.25) is 0 Å². The topological polar surface area (TPSA) is 61.8 Å². The molecule has 0 bridgehead atoms. The van der Waals surface area contributed by atoms with E-state index in [1.165, 1.54) is 0 Å². The average Bonchev–Trinajstić information content (AvgIpc) is 2.78. The van der Waals surface area contributed by atoms with Crippen molar-refractivity contribution in [2.24, 2.45) is 11.3 Å². The van der Waals surface area contributed by atoms with Gasteiger partial charge in [0, 0.05) is 11.3 Å². The van der Waals surface area contributed by atoms with E-state index in [0.717, 1.165) is 17.7 Å². The number of hydrogen-bond donors (Lipinski definition) is 0. The van der Waals surface area contributed by atoms with Crippen LogP contribution >= 0.6 is 0 Å². The molecule has 2 unspecified atom stereocenters. The van der Waals surface area contributed by atoms with Crippen molar-refractivity contribution in [2.45, 2.75) is 55.5 Å². The molecule has 2 aliphatic heterocycles. The maximum Gasteiger partial charge on any atom is 0.188 e. The molecular formula is C25H28F2O5S. The van der Waals surface area contributed by atoms with E-state index in [1.807, 2.05) is 6.92 Å². The highest BCUT2D eigenvalue weighted by molar-refractivity contribution is 7.92. The highest BCUT2D eigenvalue weighted by Crippen LogP contribution is 2.62. The molecule has 2 aromatic carbocycles. The molecule has 0 radical (unpaired) electrons. The molecule has 33 heavy (non-hydrogen) atoms. The number of fused-ring (bicyclic) bond motifs is 4. The van der Waals surface area contributed by atoms with Gasteiger partial charge in [0.1, 0.15) is 10.6 Å². The van der Waals surface area contributed by atoms with E-state index in [1.54, 1.807) is 38.1 Å². The van der Waals surface area contributed by atoms with E-state index in [9.17, 15) is 12.8 Å². The Morgan fingerprint density at radius 2 is 1.58 bits per heavy atom. The third-order valence-corrected chi connectivity index (χ3v) is 10.2. The predicted molar refractivity (Wildman–Crippen MR) is 118 cm³/mol. The van der Waals surface area contributed by atoms with Crippen LogP contribution in [0.15, 0.2) is 41.3 Å². The zero-order chi connectivity index (χ0) is 23.6. The molecule has 3 aliphatic rings. The van der Waals surface area contributed by atoms with Gasteiger partial charge in [-0.05, 0) is 57.9 Å². The zero-order valence-corrected chi connectivity index (χ0v) is 19.8. The molecule has 1 saturated heterocycles. The van der Waals surface area contributed by atoms with Crippen molar-refractivity contribution >= 4 is 9.84 Å². The van der Waals surface area contributed by atoms with Gasteiger partial charge in [-0.2, -0.15) is 0 Å². The standard InChI is InChI=1S/C25H28F2O5S/c1-16-5-7-17(8-6-16)33(28,29)25-12-4-11-24(14-31-23(2,3)32-15-24)20(25)13-30-22-19(27)10-9-18(26)21(22)25/h5-10,20H,4,11-15H2,1-3H3. The predicted octanol–water partition coefficient (Wildman–Crippen LogP) is 4.90. The fourth-order valence-corrected chi connectivity index (χ4v) is 8.32. The molecule has 8 heteroatoms.